The summed E-state index contributed by atoms with van der Waals surface area (Å²) in [4.78, 5) is 15.7. The zero-order valence-electron chi connectivity index (χ0n) is 10.2. The maximum atomic E-state index is 11.8. The van der Waals surface area contributed by atoms with Gasteiger partial charge in [0.05, 0.1) is 24.0 Å². The Kier molecular flexibility index (Phi) is 3.57. The maximum Gasteiger partial charge on any atom is 0.228 e. The summed E-state index contributed by atoms with van der Waals surface area (Å²) in [5.74, 6) is -0.0863. The molecule has 0 radical (unpaired) electrons. The number of pyridine rings is 1. The third-order valence-electron chi connectivity index (χ3n) is 2.61. The first-order valence-electron chi connectivity index (χ1n) is 5.70. The lowest BCUT2D eigenvalue weighted by Gasteiger charge is -2.07. The molecule has 1 heterocycles. The molecule has 0 saturated carbocycles. The van der Waals surface area contributed by atoms with Gasteiger partial charge in [0, 0.05) is 6.20 Å². The van der Waals surface area contributed by atoms with Gasteiger partial charge in [-0.1, -0.05) is 29.8 Å². The standard InChI is InChI=1S/C14H15N3O/c1-10-2-4-11(5-3-10)8-14(18)17-13-6-7-16-9-12(13)15/h2-7,9H,8,15H2,1H3,(H,16,17,18). The summed E-state index contributed by atoms with van der Waals surface area (Å²) in [6.07, 6.45) is 3.45. The van der Waals surface area contributed by atoms with Gasteiger partial charge in [0.25, 0.3) is 0 Å². The zero-order valence-corrected chi connectivity index (χ0v) is 10.2. The van der Waals surface area contributed by atoms with Crippen molar-refractivity contribution in [1.29, 1.82) is 0 Å². The molecule has 2 aromatic rings. The maximum absolute atomic E-state index is 11.8. The number of nitrogens with two attached hydrogens (primary N) is 1. The lowest BCUT2D eigenvalue weighted by molar-refractivity contribution is -0.115. The molecule has 0 atom stereocenters. The first kappa shape index (κ1) is 12.1. The van der Waals surface area contributed by atoms with Crippen LogP contribution in [0.1, 0.15) is 11.1 Å². The number of anilines is 2. The van der Waals surface area contributed by atoms with Crippen molar-refractivity contribution >= 4 is 17.3 Å². The monoisotopic (exact) mass is 241 g/mol. The third kappa shape index (κ3) is 3.07. The molecule has 18 heavy (non-hydrogen) atoms. The molecule has 1 aromatic heterocycles. The van der Waals surface area contributed by atoms with Crippen LogP contribution in [-0.2, 0) is 11.2 Å². The molecule has 0 aliphatic rings. The van der Waals surface area contributed by atoms with Gasteiger partial charge >= 0.3 is 0 Å². The molecule has 0 spiro atoms. The summed E-state index contributed by atoms with van der Waals surface area (Å²) < 4.78 is 0. The zero-order chi connectivity index (χ0) is 13.0. The molecular weight excluding hydrogens is 226 g/mol. The highest BCUT2D eigenvalue weighted by atomic mass is 16.1. The SMILES string of the molecule is Cc1ccc(CC(=O)Nc2ccncc2N)cc1. The quantitative estimate of drug-likeness (QED) is 0.865. The predicted octanol–water partition coefficient (Wildman–Crippen LogP) is 2.15. The van der Waals surface area contributed by atoms with E-state index in [-0.39, 0.29) is 5.91 Å². The fraction of sp³-hybridized carbons (Fsp3) is 0.143. The van der Waals surface area contributed by atoms with E-state index in [0.29, 0.717) is 17.8 Å². The molecule has 2 rings (SSSR count). The molecule has 0 aliphatic carbocycles. The van der Waals surface area contributed by atoms with E-state index in [2.05, 4.69) is 10.3 Å². The van der Waals surface area contributed by atoms with E-state index < -0.39 is 0 Å². The van der Waals surface area contributed by atoms with E-state index in [1.54, 1.807) is 12.3 Å². The van der Waals surface area contributed by atoms with Crippen molar-refractivity contribution in [3.8, 4) is 0 Å². The summed E-state index contributed by atoms with van der Waals surface area (Å²) in [5, 5.41) is 2.77. The van der Waals surface area contributed by atoms with E-state index in [9.17, 15) is 4.79 Å². The van der Waals surface area contributed by atoms with Crippen molar-refractivity contribution in [2.75, 3.05) is 11.1 Å². The normalized spacial score (nSPS) is 10.1. The smallest absolute Gasteiger partial charge is 0.228 e. The summed E-state index contributed by atoms with van der Waals surface area (Å²) >= 11 is 0. The second kappa shape index (κ2) is 5.31. The van der Waals surface area contributed by atoms with Crippen molar-refractivity contribution in [2.24, 2.45) is 0 Å². The predicted molar refractivity (Wildman–Crippen MR) is 72.2 cm³/mol. The Morgan fingerprint density at radius 1 is 1.28 bits per heavy atom. The Labute approximate surface area is 106 Å². The second-order valence-corrected chi connectivity index (χ2v) is 4.17. The van der Waals surface area contributed by atoms with Crippen LogP contribution in [0.3, 0.4) is 0 Å². The molecule has 0 aliphatic heterocycles. The van der Waals surface area contributed by atoms with E-state index >= 15 is 0 Å². The average Bonchev–Trinajstić information content (AvgIpc) is 2.35. The molecule has 1 aromatic carbocycles. The number of nitrogens with zero attached hydrogens (tertiary/aromatic N) is 1. The molecule has 4 nitrogen and oxygen atoms in total. The van der Waals surface area contributed by atoms with Gasteiger partial charge in [-0.05, 0) is 18.6 Å². The summed E-state index contributed by atoms with van der Waals surface area (Å²) in [5.41, 5.74) is 8.93. The minimum Gasteiger partial charge on any atom is -0.396 e. The molecule has 4 heteroatoms. The van der Waals surface area contributed by atoms with E-state index in [4.69, 9.17) is 5.73 Å². The van der Waals surface area contributed by atoms with Gasteiger partial charge in [-0.2, -0.15) is 0 Å². The summed E-state index contributed by atoms with van der Waals surface area (Å²) in [7, 11) is 0. The molecular formula is C14H15N3O. The largest absolute Gasteiger partial charge is 0.396 e. The number of benzene rings is 1. The third-order valence-corrected chi connectivity index (χ3v) is 2.61. The van der Waals surface area contributed by atoms with E-state index in [1.165, 1.54) is 11.8 Å². The van der Waals surface area contributed by atoms with Crippen LogP contribution in [-0.4, -0.2) is 10.9 Å². The topological polar surface area (TPSA) is 68.0 Å². The van der Waals surface area contributed by atoms with Gasteiger partial charge in [-0.25, -0.2) is 0 Å². The lowest BCUT2D eigenvalue weighted by atomic mass is 10.1. The molecule has 0 fully saturated rings. The Balaban J connectivity index is 2.01. The fourth-order valence-electron chi connectivity index (χ4n) is 1.61. The van der Waals surface area contributed by atoms with Gasteiger partial charge in [0.2, 0.25) is 5.91 Å². The van der Waals surface area contributed by atoms with Gasteiger partial charge in [0.15, 0.2) is 0 Å². The molecule has 3 N–H and O–H groups in total. The van der Waals surface area contributed by atoms with Crippen LogP contribution in [0.5, 0.6) is 0 Å². The van der Waals surface area contributed by atoms with Crippen LogP contribution in [0.25, 0.3) is 0 Å². The first-order chi connectivity index (χ1) is 8.65. The molecule has 0 unspecified atom stereocenters. The fourth-order valence-corrected chi connectivity index (χ4v) is 1.61. The minimum absolute atomic E-state index is 0.0863. The highest BCUT2D eigenvalue weighted by Crippen LogP contribution is 2.15. The summed E-state index contributed by atoms with van der Waals surface area (Å²) in [6, 6.07) is 9.56. The first-order valence-corrected chi connectivity index (χ1v) is 5.70. The Hall–Kier alpha value is -2.36. The number of nitrogens with one attached hydrogen (secondary N) is 1. The van der Waals surface area contributed by atoms with Gasteiger partial charge in [-0.3, -0.25) is 9.78 Å². The van der Waals surface area contributed by atoms with Crippen molar-refractivity contribution in [3.63, 3.8) is 0 Å². The van der Waals surface area contributed by atoms with Crippen molar-refractivity contribution in [3.05, 3.63) is 53.9 Å². The van der Waals surface area contributed by atoms with E-state index in [1.807, 2.05) is 31.2 Å². The van der Waals surface area contributed by atoms with Gasteiger partial charge in [0.1, 0.15) is 0 Å². The number of aryl methyl sites for hydroxylation is 1. The Morgan fingerprint density at radius 2 is 2.00 bits per heavy atom. The summed E-state index contributed by atoms with van der Waals surface area (Å²) in [6.45, 7) is 2.02. The number of nitrogen functional groups attached to an aromatic ring is 1. The highest BCUT2D eigenvalue weighted by Gasteiger charge is 2.05. The van der Waals surface area contributed by atoms with E-state index in [0.717, 1.165) is 5.56 Å². The molecule has 1 amide bonds. The van der Waals surface area contributed by atoms with Crippen LogP contribution >= 0.6 is 0 Å². The van der Waals surface area contributed by atoms with Gasteiger partial charge in [-0.15, -0.1) is 0 Å². The van der Waals surface area contributed by atoms with Crippen molar-refractivity contribution in [2.45, 2.75) is 13.3 Å². The van der Waals surface area contributed by atoms with Crippen LogP contribution < -0.4 is 11.1 Å². The molecule has 92 valence electrons. The second-order valence-electron chi connectivity index (χ2n) is 4.17. The van der Waals surface area contributed by atoms with Crippen molar-refractivity contribution < 1.29 is 4.79 Å². The average molecular weight is 241 g/mol. The highest BCUT2D eigenvalue weighted by molar-refractivity contribution is 5.94. The Bertz CT molecular complexity index is 549. The van der Waals surface area contributed by atoms with Crippen LogP contribution in [0.15, 0.2) is 42.7 Å². The van der Waals surface area contributed by atoms with Gasteiger partial charge < -0.3 is 11.1 Å². The number of amides is 1. The van der Waals surface area contributed by atoms with Crippen molar-refractivity contribution in [1.82, 2.24) is 4.98 Å². The minimum atomic E-state index is -0.0863. The number of hydrogen-bond donors (Lipinski definition) is 2. The number of rotatable bonds is 3. The number of carbonyl (C=O) groups excluding carboxylic acids is 1. The van der Waals surface area contributed by atoms with Crippen LogP contribution in [0.4, 0.5) is 11.4 Å². The number of carbonyl (C=O) groups is 1. The van der Waals surface area contributed by atoms with Crippen LogP contribution in [0.2, 0.25) is 0 Å². The Morgan fingerprint density at radius 3 is 2.67 bits per heavy atom. The molecule has 0 bridgehead atoms. The van der Waals surface area contributed by atoms with Crippen LogP contribution in [0, 0.1) is 6.92 Å². The number of hydrogen-bond acceptors (Lipinski definition) is 3. The number of aromatic nitrogens is 1. The molecule has 0 saturated heterocycles. The lowest BCUT2D eigenvalue weighted by Crippen LogP contribution is -2.15.